The quantitative estimate of drug-likeness (QED) is 0.0729. The number of nitrogens with two attached hydrogens (primary N) is 3. The van der Waals surface area contributed by atoms with Crippen molar-refractivity contribution >= 4 is 63.1 Å². The van der Waals surface area contributed by atoms with Crippen molar-refractivity contribution < 1.29 is 33.9 Å². The summed E-state index contributed by atoms with van der Waals surface area (Å²) < 4.78 is 0. The molecule has 5 amide bonds. The summed E-state index contributed by atoms with van der Waals surface area (Å²) in [5, 5.41) is 18.8. The topological polar surface area (TPSA) is 261 Å². The van der Waals surface area contributed by atoms with Gasteiger partial charge in [-0.1, -0.05) is 33.7 Å². The molecule has 1 aromatic rings. The monoisotopic (exact) mass is 582 g/mol. The van der Waals surface area contributed by atoms with Gasteiger partial charge in [-0.05, 0) is 25.0 Å². The van der Waals surface area contributed by atoms with Crippen molar-refractivity contribution in [3.05, 3.63) is 29.8 Å². The number of carbonyl (C=O) groups is 6. The molecule has 1 aromatic carbocycles. The Morgan fingerprint density at radius 3 is 2.38 bits per heavy atom. The van der Waals surface area contributed by atoms with E-state index in [1.54, 1.807) is 24.3 Å². The fraction of sp³-hybridized carbons (Fsp3) is 0.409. The Labute approximate surface area is 231 Å². The summed E-state index contributed by atoms with van der Waals surface area (Å²) in [5.74, 6) is -5.48. The first-order valence-corrected chi connectivity index (χ1v) is 13.9. The second-order valence-electron chi connectivity index (χ2n) is 8.24. The molecule has 0 saturated heterocycles. The van der Waals surface area contributed by atoms with Gasteiger partial charge in [-0.3, -0.25) is 33.8 Å². The Bertz CT molecular complexity index is 1130. The molecule has 3 atom stereocenters. The van der Waals surface area contributed by atoms with Crippen LogP contribution in [0.1, 0.15) is 29.6 Å². The zero-order valence-electron chi connectivity index (χ0n) is 20.7. The van der Waals surface area contributed by atoms with E-state index in [9.17, 15) is 33.9 Å². The maximum atomic E-state index is 13.1. The number of nitrogens with zero attached hydrogens (tertiary/aromatic N) is 1. The van der Waals surface area contributed by atoms with E-state index in [-0.39, 0.29) is 30.2 Å². The minimum Gasteiger partial charge on any atom is -0.481 e. The molecule has 0 aliphatic carbocycles. The van der Waals surface area contributed by atoms with Crippen molar-refractivity contribution in [2.24, 2.45) is 22.2 Å². The first-order valence-electron chi connectivity index (χ1n) is 11.6. The van der Waals surface area contributed by atoms with Crippen molar-refractivity contribution in [3.8, 4) is 0 Å². The minimum absolute atomic E-state index is 0.0249. The van der Waals surface area contributed by atoms with Crippen molar-refractivity contribution in [1.29, 1.82) is 0 Å². The summed E-state index contributed by atoms with van der Waals surface area (Å²) in [4.78, 5) is 78.8. The lowest BCUT2D eigenvalue weighted by molar-refractivity contribution is -0.141. The molecule has 15 nitrogen and oxygen atoms in total. The summed E-state index contributed by atoms with van der Waals surface area (Å²) >= 11 is 0. The molecule has 1 heterocycles. The Balaban J connectivity index is 2.35. The fourth-order valence-electron chi connectivity index (χ4n) is 3.29. The molecule has 0 fully saturated rings. The first kappa shape index (κ1) is 31.2. The number of rotatable bonds is 7. The molecule has 0 radical (unpaired) electrons. The molecule has 0 aromatic heterocycles. The number of fused-ring (bicyclic) bond motifs is 1. The molecule has 1 aliphatic rings. The number of hydrogen-bond donors (Lipinski definition) is 8. The van der Waals surface area contributed by atoms with Crippen LogP contribution in [0.5, 0.6) is 0 Å². The number of primary amides is 1. The van der Waals surface area contributed by atoms with Gasteiger partial charge in [0.2, 0.25) is 23.6 Å². The van der Waals surface area contributed by atoms with Crippen molar-refractivity contribution in [1.82, 2.24) is 21.3 Å². The predicted molar refractivity (Wildman–Crippen MR) is 144 cm³/mol. The summed E-state index contributed by atoms with van der Waals surface area (Å²) in [6.45, 7) is -0.428. The van der Waals surface area contributed by atoms with Crippen molar-refractivity contribution in [2.45, 2.75) is 42.3 Å². The van der Waals surface area contributed by atoms with Gasteiger partial charge in [0.15, 0.2) is 5.96 Å². The highest BCUT2D eigenvalue weighted by atomic mass is 33.1. The second kappa shape index (κ2) is 15.4. The third kappa shape index (κ3) is 10.7. The molecule has 17 heteroatoms. The van der Waals surface area contributed by atoms with Gasteiger partial charge < -0.3 is 43.6 Å². The number of aliphatic imine (C=N–C) groups is 1. The van der Waals surface area contributed by atoms with E-state index in [0.717, 1.165) is 21.6 Å². The minimum atomic E-state index is -1.54. The van der Waals surface area contributed by atoms with Gasteiger partial charge in [0.05, 0.1) is 18.5 Å². The van der Waals surface area contributed by atoms with E-state index >= 15 is 0 Å². The van der Waals surface area contributed by atoms with E-state index in [4.69, 9.17) is 17.2 Å². The van der Waals surface area contributed by atoms with Gasteiger partial charge in [-0.15, -0.1) is 0 Å². The van der Waals surface area contributed by atoms with Gasteiger partial charge in [0, 0.05) is 17.2 Å². The van der Waals surface area contributed by atoms with Crippen LogP contribution < -0.4 is 38.5 Å². The van der Waals surface area contributed by atoms with E-state index in [1.807, 2.05) is 0 Å². The zero-order valence-corrected chi connectivity index (χ0v) is 22.3. The molecule has 0 bridgehead atoms. The highest BCUT2D eigenvalue weighted by molar-refractivity contribution is 8.76. The lowest BCUT2D eigenvalue weighted by atomic mass is 10.1. The van der Waals surface area contributed by atoms with Crippen LogP contribution in [-0.4, -0.2) is 83.5 Å². The second-order valence-corrected chi connectivity index (χ2v) is 10.6. The van der Waals surface area contributed by atoms with Gasteiger partial charge in [-0.25, -0.2) is 0 Å². The summed E-state index contributed by atoms with van der Waals surface area (Å²) in [7, 11) is 2.25. The molecule has 0 saturated carbocycles. The average Bonchev–Trinajstić information content (AvgIpc) is 2.87. The van der Waals surface area contributed by atoms with Crippen LogP contribution in [0, 0.1) is 0 Å². The lowest BCUT2D eigenvalue weighted by Gasteiger charge is -2.21. The van der Waals surface area contributed by atoms with Crippen LogP contribution in [0.25, 0.3) is 0 Å². The normalized spacial score (nSPS) is 21.2. The number of amides is 5. The van der Waals surface area contributed by atoms with Crippen LogP contribution in [0.3, 0.4) is 0 Å². The van der Waals surface area contributed by atoms with Crippen LogP contribution in [0.4, 0.5) is 0 Å². The molecular weight excluding hydrogens is 552 g/mol. The maximum Gasteiger partial charge on any atom is 0.305 e. The van der Waals surface area contributed by atoms with Gasteiger partial charge in [0.1, 0.15) is 18.1 Å². The summed E-state index contributed by atoms with van der Waals surface area (Å²) in [5.41, 5.74) is 16.3. The predicted octanol–water partition coefficient (Wildman–Crippen LogP) is -2.36. The zero-order chi connectivity index (χ0) is 28.9. The number of hydrogen-bond acceptors (Lipinski definition) is 9. The fourth-order valence-corrected chi connectivity index (χ4v) is 5.68. The Kier molecular flexibility index (Phi) is 12.4. The molecule has 39 heavy (non-hydrogen) atoms. The number of carbonyl (C=O) groups excluding carboxylic acids is 5. The van der Waals surface area contributed by atoms with E-state index in [0.29, 0.717) is 11.3 Å². The van der Waals surface area contributed by atoms with Crippen LogP contribution >= 0.6 is 21.6 Å². The SMILES string of the molecule is NC(=O)[C@@H]1CSSc2ccccc2C(=O)N[C@@H](CCCN=C(N)N)C(=O)NCC(=O)N[C@@H](CC(=O)O)C(=O)N1. The molecule has 1 aliphatic heterocycles. The van der Waals surface area contributed by atoms with E-state index in [1.165, 1.54) is 0 Å². The molecule has 0 spiro atoms. The Hall–Kier alpha value is -3.99. The number of benzene rings is 1. The third-order valence-corrected chi connectivity index (χ3v) is 7.62. The van der Waals surface area contributed by atoms with Crippen LogP contribution in [0.15, 0.2) is 34.2 Å². The van der Waals surface area contributed by atoms with Crippen molar-refractivity contribution in [3.63, 3.8) is 0 Å². The Morgan fingerprint density at radius 1 is 1.00 bits per heavy atom. The van der Waals surface area contributed by atoms with Gasteiger partial charge in [-0.2, -0.15) is 0 Å². The number of aliphatic carboxylic acids is 1. The molecular formula is C22H30N8O7S2. The molecule has 0 unspecified atom stereocenters. The maximum absolute atomic E-state index is 13.1. The lowest BCUT2D eigenvalue weighted by Crippen LogP contribution is -2.56. The standard InChI is InChI=1S/C22H30N8O7S2/c23-18(34)14-10-38-39-15-6-2-1-4-11(15)19(35)29-12(5-3-7-26-22(24)25)20(36)27-9-16(31)28-13(8-17(32)33)21(37)30-14/h1-2,4,6,12-14H,3,5,7-10H2,(H2,23,34)(H,27,36)(H,28,31)(H,29,35)(H,30,37)(H,32,33)(H4,24,25,26)/t12-,13-,14-/m0/s1. The number of guanidine groups is 1. The van der Waals surface area contributed by atoms with E-state index < -0.39 is 66.6 Å². The summed E-state index contributed by atoms with van der Waals surface area (Å²) in [6.07, 6.45) is -0.329. The molecule has 212 valence electrons. The molecule has 11 N–H and O–H groups in total. The van der Waals surface area contributed by atoms with Gasteiger partial charge in [0.25, 0.3) is 5.91 Å². The van der Waals surface area contributed by atoms with Crippen LogP contribution in [0.2, 0.25) is 0 Å². The Morgan fingerprint density at radius 2 is 1.72 bits per heavy atom. The van der Waals surface area contributed by atoms with E-state index in [2.05, 4.69) is 26.3 Å². The average molecular weight is 583 g/mol. The summed E-state index contributed by atoms with van der Waals surface area (Å²) in [6, 6.07) is 2.74. The highest BCUT2D eigenvalue weighted by Crippen LogP contribution is 2.34. The smallest absolute Gasteiger partial charge is 0.305 e. The molecule has 2 rings (SSSR count). The number of carboxylic acids is 1. The third-order valence-electron chi connectivity index (χ3n) is 5.20. The largest absolute Gasteiger partial charge is 0.481 e. The highest BCUT2D eigenvalue weighted by Gasteiger charge is 2.29. The van der Waals surface area contributed by atoms with Crippen LogP contribution in [-0.2, 0) is 24.0 Å². The number of carboxylic acid groups (broad SMARTS) is 1. The first-order chi connectivity index (χ1) is 18.5. The van der Waals surface area contributed by atoms with Gasteiger partial charge >= 0.3 is 5.97 Å². The van der Waals surface area contributed by atoms with Crippen molar-refractivity contribution in [2.75, 3.05) is 18.8 Å². The number of nitrogens with one attached hydrogen (secondary N) is 4.